The van der Waals surface area contributed by atoms with E-state index in [9.17, 15) is 21.9 Å². The van der Waals surface area contributed by atoms with Gasteiger partial charge < -0.3 is 13.8 Å². The topological polar surface area (TPSA) is 87.4 Å². The highest BCUT2D eigenvalue weighted by Gasteiger charge is 2.41. The van der Waals surface area contributed by atoms with Gasteiger partial charge >= 0.3 is 0 Å². The molecule has 1 heterocycles. The predicted octanol–water partition coefficient (Wildman–Crippen LogP) is 3.60. The van der Waals surface area contributed by atoms with Crippen molar-refractivity contribution >= 4 is 11.3 Å². The van der Waals surface area contributed by atoms with Crippen LogP contribution in [0, 0.1) is 24.6 Å². The molecule has 1 aliphatic carbocycles. The van der Waals surface area contributed by atoms with Crippen LogP contribution in [0.25, 0.3) is 11.3 Å². The fraction of sp³-hybridized carbons (Fsp3) is 0.500. The van der Waals surface area contributed by atoms with E-state index in [1.807, 2.05) is 0 Å². The van der Waals surface area contributed by atoms with E-state index in [1.54, 1.807) is 13.0 Å². The lowest BCUT2D eigenvalue weighted by Crippen LogP contribution is -2.40. The molecule has 0 saturated heterocycles. The Morgan fingerprint density at radius 2 is 2.18 bits per heavy atom. The number of hydrogen-bond donors (Lipinski definition) is 1. The van der Waals surface area contributed by atoms with Gasteiger partial charge in [-0.05, 0) is 31.4 Å². The monoisotopic (exact) mass is 417 g/mol. The first-order valence-corrected chi connectivity index (χ1v) is 9.87. The van der Waals surface area contributed by atoms with Crippen molar-refractivity contribution in [2.24, 2.45) is 11.8 Å². The third-order valence-electron chi connectivity index (χ3n) is 4.88. The van der Waals surface area contributed by atoms with Crippen LogP contribution < -0.4 is 9.46 Å². The second-order valence-electron chi connectivity index (χ2n) is 6.98. The SMILES string of the molecule is Cc1cc(-c2ccc(OC[C@@H]3CC(F)(F)CC[C@@H]3CNS(=O)[O-])cc2F)no1. The molecule has 6 nitrogen and oxygen atoms in total. The van der Waals surface area contributed by atoms with Gasteiger partial charge in [0.2, 0.25) is 5.92 Å². The highest BCUT2D eigenvalue weighted by molar-refractivity contribution is 7.77. The number of nitrogens with one attached hydrogen (secondary N) is 1. The van der Waals surface area contributed by atoms with Gasteiger partial charge in [-0.25, -0.2) is 17.9 Å². The second kappa shape index (κ2) is 8.62. The number of rotatable bonds is 7. The van der Waals surface area contributed by atoms with Crippen LogP contribution >= 0.6 is 0 Å². The van der Waals surface area contributed by atoms with E-state index in [2.05, 4.69) is 9.88 Å². The standard InChI is InChI=1S/C18H21F3N2O4S/c1-11-6-17(23-27-11)15-3-2-14(7-16(15)19)26-10-13-8-18(20,21)5-4-12(13)9-22-28(24)25/h2-3,6-7,12-13,22H,4-5,8-10H2,1H3,(H,24,25)/p-1/t12-,13+/m1/s1. The molecule has 1 fully saturated rings. The Balaban J connectivity index is 1.66. The first kappa shape index (κ1) is 20.8. The van der Waals surface area contributed by atoms with Crippen molar-refractivity contribution in [1.82, 2.24) is 9.88 Å². The third-order valence-corrected chi connectivity index (χ3v) is 5.28. The molecular formula is C18H20F3N2O4S-. The summed E-state index contributed by atoms with van der Waals surface area (Å²) in [5.74, 6) is -3.47. The molecular weight excluding hydrogens is 397 g/mol. The number of nitrogens with zero attached hydrogens (tertiary/aromatic N) is 1. The number of benzene rings is 1. The van der Waals surface area contributed by atoms with Crippen LogP contribution in [-0.2, 0) is 11.3 Å². The molecule has 2 aromatic rings. The Morgan fingerprint density at radius 3 is 2.82 bits per heavy atom. The number of halogens is 3. The Kier molecular flexibility index (Phi) is 6.41. The van der Waals surface area contributed by atoms with Gasteiger partial charge in [0.15, 0.2) is 0 Å². The van der Waals surface area contributed by atoms with E-state index >= 15 is 0 Å². The molecule has 0 bridgehead atoms. The van der Waals surface area contributed by atoms with Crippen LogP contribution in [0.1, 0.15) is 25.0 Å². The van der Waals surface area contributed by atoms with Gasteiger partial charge in [-0.15, -0.1) is 0 Å². The molecule has 1 N–H and O–H groups in total. The van der Waals surface area contributed by atoms with Crippen molar-refractivity contribution in [3.8, 4) is 17.0 Å². The summed E-state index contributed by atoms with van der Waals surface area (Å²) in [6, 6.07) is 5.78. The molecule has 28 heavy (non-hydrogen) atoms. The Bertz CT molecular complexity index is 846. The van der Waals surface area contributed by atoms with Crippen LogP contribution in [0.15, 0.2) is 28.8 Å². The number of alkyl halides is 2. The molecule has 154 valence electrons. The average molecular weight is 417 g/mol. The maximum atomic E-state index is 14.4. The first-order valence-electron chi connectivity index (χ1n) is 8.80. The Labute approximate surface area is 162 Å². The Morgan fingerprint density at radius 1 is 1.39 bits per heavy atom. The summed E-state index contributed by atoms with van der Waals surface area (Å²) in [7, 11) is 0. The fourth-order valence-electron chi connectivity index (χ4n) is 3.41. The molecule has 0 aliphatic heterocycles. The van der Waals surface area contributed by atoms with Gasteiger partial charge in [0.05, 0.1) is 6.61 Å². The van der Waals surface area contributed by atoms with Gasteiger partial charge in [0, 0.05) is 54.3 Å². The molecule has 0 radical (unpaired) electrons. The Hall–Kier alpha value is -1.91. The zero-order chi connectivity index (χ0) is 20.3. The van der Waals surface area contributed by atoms with Gasteiger partial charge in [-0.2, -0.15) is 0 Å². The predicted molar refractivity (Wildman–Crippen MR) is 94.8 cm³/mol. The molecule has 1 unspecified atom stereocenters. The quantitative estimate of drug-likeness (QED) is 0.696. The minimum absolute atomic E-state index is 0.0602. The maximum Gasteiger partial charge on any atom is 0.248 e. The average Bonchev–Trinajstić information content (AvgIpc) is 3.04. The highest BCUT2D eigenvalue weighted by Crippen LogP contribution is 2.40. The lowest BCUT2D eigenvalue weighted by atomic mass is 9.78. The summed E-state index contributed by atoms with van der Waals surface area (Å²) >= 11 is -2.46. The third kappa shape index (κ3) is 5.33. The molecule has 1 aliphatic rings. The molecule has 0 spiro atoms. The second-order valence-corrected chi connectivity index (χ2v) is 7.74. The lowest BCUT2D eigenvalue weighted by molar-refractivity contribution is -0.0757. The molecule has 1 aromatic carbocycles. The van der Waals surface area contributed by atoms with Crippen LogP contribution in [0.3, 0.4) is 0 Å². The van der Waals surface area contributed by atoms with E-state index in [-0.39, 0.29) is 43.2 Å². The van der Waals surface area contributed by atoms with Gasteiger partial charge in [-0.3, -0.25) is 4.21 Å². The molecule has 3 rings (SSSR count). The van der Waals surface area contributed by atoms with Crippen LogP contribution in [0.2, 0.25) is 0 Å². The van der Waals surface area contributed by atoms with Crippen LogP contribution in [-0.4, -0.2) is 33.0 Å². The van der Waals surface area contributed by atoms with Crippen molar-refractivity contribution in [1.29, 1.82) is 0 Å². The van der Waals surface area contributed by atoms with Crippen LogP contribution in [0.5, 0.6) is 5.75 Å². The number of hydrogen-bond acceptors (Lipinski definition) is 5. The number of aromatic nitrogens is 1. The molecule has 1 saturated carbocycles. The van der Waals surface area contributed by atoms with E-state index in [0.717, 1.165) is 0 Å². The first-order chi connectivity index (χ1) is 13.2. The van der Waals surface area contributed by atoms with E-state index in [1.165, 1.54) is 18.2 Å². The zero-order valence-corrected chi connectivity index (χ0v) is 15.9. The summed E-state index contributed by atoms with van der Waals surface area (Å²) in [6.07, 6.45) is -0.505. The lowest BCUT2D eigenvalue weighted by Gasteiger charge is -2.36. The number of aryl methyl sites for hydroxylation is 1. The van der Waals surface area contributed by atoms with E-state index < -0.39 is 35.3 Å². The molecule has 0 amide bonds. The smallest absolute Gasteiger partial charge is 0.248 e. The normalized spacial score (nSPS) is 22.8. The van der Waals surface area contributed by atoms with Gasteiger partial charge in [0.1, 0.15) is 23.0 Å². The van der Waals surface area contributed by atoms with E-state index in [0.29, 0.717) is 11.5 Å². The molecule has 1 aromatic heterocycles. The highest BCUT2D eigenvalue weighted by atomic mass is 32.2. The summed E-state index contributed by atoms with van der Waals surface area (Å²) in [6.45, 7) is 1.70. The summed E-state index contributed by atoms with van der Waals surface area (Å²) in [5, 5.41) is 3.76. The molecule has 10 heteroatoms. The summed E-state index contributed by atoms with van der Waals surface area (Å²) in [5.41, 5.74) is 0.596. The van der Waals surface area contributed by atoms with E-state index in [4.69, 9.17) is 9.26 Å². The van der Waals surface area contributed by atoms with Crippen molar-refractivity contribution in [2.45, 2.75) is 32.1 Å². The van der Waals surface area contributed by atoms with Crippen molar-refractivity contribution < 1.29 is 31.2 Å². The van der Waals surface area contributed by atoms with Gasteiger partial charge in [-0.1, -0.05) is 5.16 Å². The fourth-order valence-corrected chi connectivity index (χ4v) is 3.76. The largest absolute Gasteiger partial charge is 0.760 e. The molecule has 3 atom stereocenters. The minimum Gasteiger partial charge on any atom is -0.760 e. The van der Waals surface area contributed by atoms with Crippen LogP contribution in [0.4, 0.5) is 13.2 Å². The number of ether oxygens (including phenoxy) is 1. The minimum atomic E-state index is -2.82. The summed E-state index contributed by atoms with van der Waals surface area (Å²) < 4.78 is 76.1. The van der Waals surface area contributed by atoms with Crippen molar-refractivity contribution in [3.63, 3.8) is 0 Å². The van der Waals surface area contributed by atoms with Crippen molar-refractivity contribution in [2.75, 3.05) is 13.2 Å². The van der Waals surface area contributed by atoms with Crippen molar-refractivity contribution in [3.05, 3.63) is 35.8 Å². The summed E-state index contributed by atoms with van der Waals surface area (Å²) in [4.78, 5) is 0. The maximum absolute atomic E-state index is 14.4. The van der Waals surface area contributed by atoms with Gasteiger partial charge in [0.25, 0.3) is 0 Å². The zero-order valence-electron chi connectivity index (χ0n) is 15.1.